The standard InChI is InChI=1S/C9H14N4O2/c1-7-10-8(2)13(11-7)9(14)12-3-5-15-6-4-12/h3-6H2,1-2H3. The quantitative estimate of drug-likeness (QED) is 0.613. The van der Waals surface area contributed by atoms with Crippen molar-refractivity contribution in [2.75, 3.05) is 26.3 Å². The van der Waals surface area contributed by atoms with Crippen LogP contribution in [0.25, 0.3) is 0 Å². The Morgan fingerprint density at radius 2 is 2.00 bits per heavy atom. The van der Waals surface area contributed by atoms with Crippen LogP contribution in [0.3, 0.4) is 0 Å². The van der Waals surface area contributed by atoms with Gasteiger partial charge in [0.25, 0.3) is 0 Å². The molecule has 0 unspecified atom stereocenters. The van der Waals surface area contributed by atoms with Crippen LogP contribution in [-0.4, -0.2) is 52.0 Å². The number of nitrogens with zero attached hydrogens (tertiary/aromatic N) is 4. The van der Waals surface area contributed by atoms with Gasteiger partial charge in [0.05, 0.1) is 13.2 Å². The molecule has 0 radical (unpaired) electrons. The van der Waals surface area contributed by atoms with Crippen molar-refractivity contribution in [3.63, 3.8) is 0 Å². The number of hydrogen-bond acceptors (Lipinski definition) is 4. The summed E-state index contributed by atoms with van der Waals surface area (Å²) in [5.41, 5.74) is 0. The molecule has 0 atom stereocenters. The van der Waals surface area contributed by atoms with Crippen molar-refractivity contribution in [2.45, 2.75) is 13.8 Å². The van der Waals surface area contributed by atoms with Crippen LogP contribution >= 0.6 is 0 Å². The van der Waals surface area contributed by atoms with E-state index in [1.165, 1.54) is 4.68 Å². The topological polar surface area (TPSA) is 60.2 Å². The van der Waals surface area contributed by atoms with Crippen LogP contribution in [0.5, 0.6) is 0 Å². The first-order valence-corrected chi connectivity index (χ1v) is 4.96. The average molecular weight is 210 g/mol. The minimum Gasteiger partial charge on any atom is -0.378 e. The van der Waals surface area contributed by atoms with Gasteiger partial charge in [-0.15, -0.1) is 5.10 Å². The Morgan fingerprint density at radius 3 is 2.53 bits per heavy atom. The molecule has 0 spiro atoms. The van der Waals surface area contributed by atoms with Crippen molar-refractivity contribution in [1.29, 1.82) is 0 Å². The van der Waals surface area contributed by atoms with E-state index in [9.17, 15) is 4.79 Å². The second-order valence-electron chi connectivity index (χ2n) is 3.50. The molecule has 1 aliphatic rings. The molecule has 6 heteroatoms. The van der Waals surface area contributed by atoms with Crippen LogP contribution in [0.4, 0.5) is 4.79 Å². The molecule has 1 amide bonds. The van der Waals surface area contributed by atoms with Crippen LogP contribution in [0.15, 0.2) is 0 Å². The van der Waals surface area contributed by atoms with Gasteiger partial charge in [-0.1, -0.05) is 0 Å². The molecule has 6 nitrogen and oxygen atoms in total. The molecule has 1 saturated heterocycles. The number of carbonyl (C=O) groups is 1. The summed E-state index contributed by atoms with van der Waals surface area (Å²) in [6.45, 7) is 5.99. The maximum atomic E-state index is 12.0. The lowest BCUT2D eigenvalue weighted by Crippen LogP contribution is -2.43. The number of hydrogen-bond donors (Lipinski definition) is 0. The predicted octanol–water partition coefficient (Wildman–Crippen LogP) is 0.195. The largest absolute Gasteiger partial charge is 0.378 e. The highest BCUT2D eigenvalue weighted by Crippen LogP contribution is 2.03. The fourth-order valence-corrected chi connectivity index (χ4v) is 1.59. The van der Waals surface area contributed by atoms with Gasteiger partial charge >= 0.3 is 6.03 Å². The molecule has 82 valence electrons. The number of carbonyl (C=O) groups excluding carboxylic acids is 1. The zero-order chi connectivity index (χ0) is 10.8. The molecule has 1 aliphatic heterocycles. The van der Waals surface area contributed by atoms with Crippen molar-refractivity contribution in [3.8, 4) is 0 Å². The van der Waals surface area contributed by atoms with E-state index in [4.69, 9.17) is 4.74 Å². The Bertz CT molecular complexity index is 368. The van der Waals surface area contributed by atoms with Gasteiger partial charge in [-0.2, -0.15) is 4.68 Å². The molecule has 0 saturated carbocycles. The van der Waals surface area contributed by atoms with Gasteiger partial charge in [-0.05, 0) is 13.8 Å². The van der Waals surface area contributed by atoms with Gasteiger partial charge in [-0.3, -0.25) is 0 Å². The van der Waals surface area contributed by atoms with E-state index in [-0.39, 0.29) is 6.03 Å². The summed E-state index contributed by atoms with van der Waals surface area (Å²) in [4.78, 5) is 17.8. The highest BCUT2D eigenvalue weighted by atomic mass is 16.5. The smallest absolute Gasteiger partial charge is 0.346 e. The molecule has 1 fully saturated rings. The van der Waals surface area contributed by atoms with Gasteiger partial charge in [0, 0.05) is 13.1 Å². The monoisotopic (exact) mass is 210 g/mol. The first-order valence-electron chi connectivity index (χ1n) is 4.96. The van der Waals surface area contributed by atoms with E-state index < -0.39 is 0 Å². The number of aryl methyl sites for hydroxylation is 2. The van der Waals surface area contributed by atoms with Gasteiger partial charge in [-0.25, -0.2) is 9.78 Å². The Morgan fingerprint density at radius 1 is 1.33 bits per heavy atom. The molecule has 0 aromatic carbocycles. The van der Waals surface area contributed by atoms with E-state index in [0.29, 0.717) is 38.0 Å². The molecular weight excluding hydrogens is 196 g/mol. The van der Waals surface area contributed by atoms with Gasteiger partial charge < -0.3 is 9.64 Å². The number of ether oxygens (including phenoxy) is 1. The van der Waals surface area contributed by atoms with E-state index in [0.717, 1.165) is 0 Å². The van der Waals surface area contributed by atoms with Gasteiger partial charge in [0.15, 0.2) is 0 Å². The van der Waals surface area contributed by atoms with E-state index in [1.54, 1.807) is 18.7 Å². The second kappa shape index (κ2) is 3.98. The SMILES string of the molecule is Cc1nc(C)n(C(=O)N2CCOCC2)n1. The van der Waals surface area contributed by atoms with Crippen LogP contribution in [0, 0.1) is 13.8 Å². The lowest BCUT2D eigenvalue weighted by molar-refractivity contribution is 0.0527. The lowest BCUT2D eigenvalue weighted by Gasteiger charge is -2.26. The van der Waals surface area contributed by atoms with Crippen molar-refractivity contribution in [1.82, 2.24) is 19.7 Å². The number of amides is 1. The third-order valence-electron chi connectivity index (χ3n) is 2.34. The number of aromatic nitrogens is 3. The van der Waals surface area contributed by atoms with Crippen molar-refractivity contribution < 1.29 is 9.53 Å². The summed E-state index contributed by atoms with van der Waals surface area (Å²) in [6, 6.07) is -0.114. The van der Waals surface area contributed by atoms with Crippen molar-refractivity contribution in [3.05, 3.63) is 11.6 Å². The summed E-state index contributed by atoms with van der Waals surface area (Å²) in [7, 11) is 0. The van der Waals surface area contributed by atoms with Crippen LogP contribution < -0.4 is 0 Å². The molecule has 15 heavy (non-hydrogen) atoms. The third kappa shape index (κ3) is 1.99. The zero-order valence-electron chi connectivity index (χ0n) is 8.93. The maximum absolute atomic E-state index is 12.0. The van der Waals surface area contributed by atoms with Crippen LogP contribution in [-0.2, 0) is 4.74 Å². The first kappa shape index (κ1) is 10.1. The second-order valence-corrected chi connectivity index (χ2v) is 3.50. The Kier molecular flexibility index (Phi) is 2.68. The lowest BCUT2D eigenvalue weighted by atomic mass is 10.4. The molecule has 0 bridgehead atoms. The highest BCUT2D eigenvalue weighted by Gasteiger charge is 2.20. The minimum atomic E-state index is -0.114. The molecule has 2 rings (SSSR count). The molecular formula is C9H14N4O2. The summed E-state index contributed by atoms with van der Waals surface area (Å²) >= 11 is 0. The molecule has 1 aromatic rings. The predicted molar refractivity (Wildman–Crippen MR) is 52.7 cm³/mol. The highest BCUT2D eigenvalue weighted by molar-refractivity contribution is 5.76. The third-order valence-corrected chi connectivity index (χ3v) is 2.34. The van der Waals surface area contributed by atoms with Gasteiger partial charge in [0.2, 0.25) is 0 Å². The fourth-order valence-electron chi connectivity index (χ4n) is 1.59. The molecule has 2 heterocycles. The Hall–Kier alpha value is -1.43. The van der Waals surface area contributed by atoms with Gasteiger partial charge in [0.1, 0.15) is 11.6 Å². The minimum absolute atomic E-state index is 0.114. The number of morpholine rings is 1. The summed E-state index contributed by atoms with van der Waals surface area (Å²) < 4.78 is 6.53. The van der Waals surface area contributed by atoms with Crippen molar-refractivity contribution in [2.24, 2.45) is 0 Å². The van der Waals surface area contributed by atoms with Crippen molar-refractivity contribution >= 4 is 6.03 Å². The zero-order valence-corrected chi connectivity index (χ0v) is 8.93. The number of rotatable bonds is 0. The van der Waals surface area contributed by atoms with E-state index >= 15 is 0 Å². The summed E-state index contributed by atoms with van der Waals surface area (Å²) in [5.74, 6) is 1.25. The summed E-state index contributed by atoms with van der Waals surface area (Å²) in [6.07, 6.45) is 0. The molecule has 1 aromatic heterocycles. The fraction of sp³-hybridized carbons (Fsp3) is 0.667. The Labute approximate surface area is 87.8 Å². The summed E-state index contributed by atoms with van der Waals surface area (Å²) in [5, 5.41) is 4.06. The molecule has 0 N–H and O–H groups in total. The van der Waals surface area contributed by atoms with E-state index in [2.05, 4.69) is 10.1 Å². The van der Waals surface area contributed by atoms with Crippen LogP contribution in [0.2, 0.25) is 0 Å². The first-order chi connectivity index (χ1) is 7.18. The average Bonchev–Trinajstić information content (AvgIpc) is 2.58. The normalized spacial score (nSPS) is 16.8. The molecule has 0 aliphatic carbocycles. The maximum Gasteiger partial charge on any atom is 0.346 e. The Balaban J connectivity index is 2.16. The van der Waals surface area contributed by atoms with Crippen LogP contribution in [0.1, 0.15) is 11.6 Å². The van der Waals surface area contributed by atoms with E-state index in [1.807, 2.05) is 0 Å².